The largest absolute Gasteiger partial charge is 0.416 e. The van der Waals surface area contributed by atoms with Crippen molar-refractivity contribution in [3.05, 3.63) is 52.8 Å². The second kappa shape index (κ2) is 9.89. The van der Waals surface area contributed by atoms with E-state index in [0.717, 1.165) is 62.8 Å². The first-order chi connectivity index (χ1) is 15.4. The van der Waals surface area contributed by atoms with E-state index in [1.165, 1.54) is 12.1 Å². The number of nitrogens with zero attached hydrogens (tertiary/aromatic N) is 2. The molecule has 8 heteroatoms. The van der Waals surface area contributed by atoms with E-state index in [2.05, 4.69) is 42.5 Å². The lowest BCUT2D eigenvalue weighted by molar-refractivity contribution is -0.137. The molecule has 1 amide bonds. The normalized spacial score (nSPS) is 16.6. The lowest BCUT2D eigenvalue weighted by Crippen LogP contribution is -2.42. The second-order valence-corrected chi connectivity index (χ2v) is 9.75. The molecular weight excluding hydrogens is 431 g/mol. The van der Waals surface area contributed by atoms with Crippen LogP contribution in [0.4, 0.5) is 18.9 Å². The molecule has 33 heavy (non-hydrogen) atoms. The van der Waals surface area contributed by atoms with Crippen LogP contribution in [0.1, 0.15) is 61.4 Å². The number of hydrogen-bond acceptors (Lipinski definition) is 3. The molecule has 1 saturated heterocycles. The summed E-state index contributed by atoms with van der Waals surface area (Å²) in [6.07, 6.45) is -3.54. The van der Waals surface area contributed by atoms with Gasteiger partial charge in [-0.2, -0.15) is 13.2 Å². The summed E-state index contributed by atoms with van der Waals surface area (Å²) in [5.41, 5.74) is 1.47. The van der Waals surface area contributed by atoms with Crippen LogP contribution >= 0.6 is 0 Å². The summed E-state index contributed by atoms with van der Waals surface area (Å²) in [4.78, 5) is 15.5. The summed E-state index contributed by atoms with van der Waals surface area (Å²) >= 11 is 0. The van der Waals surface area contributed by atoms with E-state index in [1.807, 2.05) is 13.0 Å². The summed E-state index contributed by atoms with van der Waals surface area (Å²) in [6, 6.07) is 6.96. The number of halogens is 3. The molecule has 0 radical (unpaired) electrons. The molecule has 5 nitrogen and oxygen atoms in total. The Bertz CT molecular complexity index is 970. The van der Waals surface area contributed by atoms with E-state index in [0.29, 0.717) is 11.6 Å². The topological polar surface area (TPSA) is 46.5 Å². The Morgan fingerprint density at radius 2 is 1.82 bits per heavy atom. The third-order valence-electron chi connectivity index (χ3n) is 6.27. The predicted molar refractivity (Wildman–Crippen MR) is 124 cm³/mol. The summed E-state index contributed by atoms with van der Waals surface area (Å²) < 4.78 is 46.7. The van der Waals surface area contributed by atoms with Crippen LogP contribution in [-0.4, -0.2) is 47.7 Å². The number of amides is 1. The number of ether oxygens (including phenoxy) is 1. The van der Waals surface area contributed by atoms with Gasteiger partial charge in [0.2, 0.25) is 0 Å². The Kier molecular flexibility index (Phi) is 7.59. The van der Waals surface area contributed by atoms with Gasteiger partial charge in [0.05, 0.1) is 24.3 Å². The monoisotopic (exact) mass is 465 g/mol. The minimum absolute atomic E-state index is 0.125. The zero-order chi connectivity index (χ0) is 24.4. The number of carbonyl (C=O) groups is 1. The van der Waals surface area contributed by atoms with E-state index < -0.39 is 17.6 Å². The zero-order valence-electron chi connectivity index (χ0n) is 20.1. The maximum absolute atomic E-state index is 13.0. The highest BCUT2D eigenvalue weighted by atomic mass is 19.4. The molecule has 1 atom stereocenters. The highest BCUT2D eigenvalue weighted by Crippen LogP contribution is 2.32. The number of alkyl halides is 3. The molecule has 2 heterocycles. The fraction of sp³-hybridized carbons (Fsp3) is 0.560. The fourth-order valence-electron chi connectivity index (χ4n) is 4.27. The third-order valence-corrected chi connectivity index (χ3v) is 6.27. The molecule has 1 aliphatic heterocycles. The Balaban J connectivity index is 1.81. The van der Waals surface area contributed by atoms with Gasteiger partial charge >= 0.3 is 6.18 Å². The van der Waals surface area contributed by atoms with Gasteiger partial charge in [0.1, 0.15) is 0 Å². The minimum atomic E-state index is -4.46. The smallest absolute Gasteiger partial charge is 0.379 e. The van der Waals surface area contributed by atoms with Crippen molar-refractivity contribution in [3.63, 3.8) is 0 Å². The van der Waals surface area contributed by atoms with Crippen molar-refractivity contribution in [3.8, 4) is 0 Å². The Morgan fingerprint density at radius 1 is 1.15 bits per heavy atom. The number of aromatic nitrogens is 1. The highest BCUT2D eigenvalue weighted by molar-refractivity contribution is 6.05. The van der Waals surface area contributed by atoms with Crippen LogP contribution in [0.25, 0.3) is 0 Å². The maximum Gasteiger partial charge on any atom is 0.416 e. The van der Waals surface area contributed by atoms with Crippen LogP contribution in [0.15, 0.2) is 30.3 Å². The van der Waals surface area contributed by atoms with Gasteiger partial charge < -0.3 is 14.6 Å². The van der Waals surface area contributed by atoms with Gasteiger partial charge in [-0.1, -0.05) is 26.8 Å². The van der Waals surface area contributed by atoms with Gasteiger partial charge in [-0.3, -0.25) is 9.69 Å². The zero-order valence-corrected chi connectivity index (χ0v) is 20.1. The Morgan fingerprint density at radius 3 is 2.42 bits per heavy atom. The number of rotatable bonds is 6. The van der Waals surface area contributed by atoms with Gasteiger partial charge in [0.25, 0.3) is 5.91 Å². The Hall–Kier alpha value is -2.32. The number of carbonyl (C=O) groups excluding carboxylic acids is 1. The molecule has 0 spiro atoms. The first-order valence-corrected chi connectivity index (χ1v) is 11.4. The molecule has 2 aromatic rings. The number of nitrogens with one attached hydrogen (secondary N) is 1. The van der Waals surface area contributed by atoms with Crippen molar-refractivity contribution >= 4 is 11.6 Å². The molecule has 1 N–H and O–H groups in total. The average Bonchev–Trinajstić information content (AvgIpc) is 3.09. The maximum atomic E-state index is 13.0. The van der Waals surface area contributed by atoms with E-state index in [-0.39, 0.29) is 11.1 Å². The number of anilines is 1. The van der Waals surface area contributed by atoms with Crippen LogP contribution < -0.4 is 5.32 Å². The average molecular weight is 466 g/mol. The molecule has 1 aliphatic rings. The molecule has 1 aromatic carbocycles. The quantitative estimate of drug-likeness (QED) is 0.615. The highest BCUT2D eigenvalue weighted by Gasteiger charge is 2.31. The van der Waals surface area contributed by atoms with Gasteiger partial charge in [0, 0.05) is 48.2 Å². The van der Waals surface area contributed by atoms with Gasteiger partial charge in [0.15, 0.2) is 0 Å². The molecule has 0 saturated carbocycles. The van der Waals surface area contributed by atoms with Crippen LogP contribution in [0, 0.1) is 6.92 Å². The van der Waals surface area contributed by atoms with Crippen molar-refractivity contribution in [1.29, 1.82) is 0 Å². The predicted octanol–water partition coefficient (Wildman–Crippen LogP) is 5.48. The molecule has 3 rings (SSSR count). The summed E-state index contributed by atoms with van der Waals surface area (Å²) in [5.74, 6) is -0.405. The van der Waals surface area contributed by atoms with Crippen molar-refractivity contribution in [2.75, 3.05) is 31.6 Å². The first-order valence-electron chi connectivity index (χ1n) is 11.4. The third kappa shape index (κ3) is 6.18. The van der Waals surface area contributed by atoms with Crippen LogP contribution in [0.2, 0.25) is 0 Å². The number of hydrogen-bond donors (Lipinski definition) is 1. The van der Waals surface area contributed by atoms with Crippen molar-refractivity contribution in [2.45, 2.75) is 65.2 Å². The van der Waals surface area contributed by atoms with E-state index >= 15 is 0 Å². The van der Waals surface area contributed by atoms with Crippen LogP contribution in [-0.2, 0) is 22.9 Å². The molecule has 0 bridgehead atoms. The molecule has 182 valence electrons. The second-order valence-electron chi connectivity index (χ2n) is 9.75. The lowest BCUT2D eigenvalue weighted by atomic mass is 9.91. The minimum Gasteiger partial charge on any atom is -0.379 e. The Labute approximate surface area is 193 Å². The molecular formula is C25H34F3N3O2. The molecule has 1 unspecified atom stereocenters. The van der Waals surface area contributed by atoms with Crippen LogP contribution in [0.5, 0.6) is 0 Å². The fourth-order valence-corrected chi connectivity index (χ4v) is 4.27. The van der Waals surface area contributed by atoms with E-state index in [9.17, 15) is 18.0 Å². The standard InChI is InChI=1S/C25H34F3N3O2/c1-17(30-11-13-33-14-12-30)9-10-31-18(2)21(16-22(31)24(3,4)5)23(32)29-20-8-6-7-19(15-20)25(26,27)28/h6-8,15-17H,9-14H2,1-5H3,(H,29,32). The number of benzene rings is 1. The van der Waals surface area contributed by atoms with Crippen molar-refractivity contribution in [1.82, 2.24) is 9.47 Å². The van der Waals surface area contributed by atoms with Gasteiger partial charge in [-0.05, 0) is 44.5 Å². The molecule has 1 aromatic heterocycles. The lowest BCUT2D eigenvalue weighted by Gasteiger charge is -2.33. The first kappa shape index (κ1) is 25.3. The summed E-state index contributed by atoms with van der Waals surface area (Å²) in [6.45, 7) is 14.5. The number of morpholine rings is 1. The van der Waals surface area contributed by atoms with Gasteiger partial charge in [-0.15, -0.1) is 0 Å². The molecule has 0 aliphatic carbocycles. The van der Waals surface area contributed by atoms with Gasteiger partial charge in [-0.25, -0.2) is 0 Å². The van der Waals surface area contributed by atoms with Crippen molar-refractivity contribution < 1.29 is 22.7 Å². The summed E-state index contributed by atoms with van der Waals surface area (Å²) in [7, 11) is 0. The molecule has 1 fully saturated rings. The van der Waals surface area contributed by atoms with E-state index in [1.54, 1.807) is 0 Å². The van der Waals surface area contributed by atoms with Crippen LogP contribution in [0.3, 0.4) is 0 Å². The van der Waals surface area contributed by atoms with Crippen molar-refractivity contribution in [2.24, 2.45) is 0 Å². The SMILES string of the molecule is Cc1c(C(=O)Nc2cccc(C(F)(F)F)c2)cc(C(C)(C)C)n1CCC(C)N1CCOCC1. The summed E-state index contributed by atoms with van der Waals surface area (Å²) in [5, 5.41) is 2.65. The van der Waals surface area contributed by atoms with E-state index in [4.69, 9.17) is 4.74 Å².